The molecule has 0 amide bonds. The molecule has 1 rings (SSSR count). The largest absolute Gasteiger partial charge is 0.0660 e. The number of allylic oxidation sites excluding steroid dienone is 4. The Labute approximate surface area is 83.3 Å². The van der Waals surface area contributed by atoms with E-state index in [1.54, 1.807) is 9.81 Å². The van der Waals surface area contributed by atoms with Crippen molar-refractivity contribution in [3.05, 3.63) is 21.0 Å². The van der Waals surface area contributed by atoms with Crippen LogP contribution in [-0.2, 0) is 0 Å². The van der Waals surface area contributed by atoms with E-state index in [0.717, 1.165) is 0 Å². The van der Waals surface area contributed by atoms with Crippen LogP contribution >= 0.6 is 21.6 Å². The van der Waals surface area contributed by atoms with Crippen LogP contribution in [0.3, 0.4) is 0 Å². The summed E-state index contributed by atoms with van der Waals surface area (Å²) in [6, 6.07) is 0. The van der Waals surface area contributed by atoms with Crippen LogP contribution in [0.5, 0.6) is 0 Å². The summed E-state index contributed by atoms with van der Waals surface area (Å²) < 4.78 is 0. The zero-order valence-corrected chi connectivity index (χ0v) is 9.86. The van der Waals surface area contributed by atoms with E-state index in [9.17, 15) is 0 Å². The van der Waals surface area contributed by atoms with Gasteiger partial charge in [0.25, 0.3) is 0 Å². The van der Waals surface area contributed by atoms with Crippen molar-refractivity contribution < 1.29 is 0 Å². The van der Waals surface area contributed by atoms with Crippen LogP contribution in [0.2, 0.25) is 0 Å². The minimum Gasteiger partial charge on any atom is -0.0660 e. The Kier molecular flexibility index (Phi) is 3.78. The number of hydrogen-bond donors (Lipinski definition) is 0. The number of hydrogen-bond acceptors (Lipinski definition) is 2. The van der Waals surface area contributed by atoms with Crippen molar-refractivity contribution in [3.8, 4) is 0 Å². The molecule has 0 aliphatic carbocycles. The monoisotopic (exact) mass is 200 g/mol. The molecule has 1 aliphatic rings. The topological polar surface area (TPSA) is 0 Å². The maximum absolute atomic E-state index is 2.20. The van der Waals surface area contributed by atoms with Gasteiger partial charge in [0, 0.05) is 0 Å². The van der Waals surface area contributed by atoms with Crippen LogP contribution in [0, 0.1) is 0 Å². The van der Waals surface area contributed by atoms with E-state index in [-0.39, 0.29) is 0 Å². The Hall–Kier alpha value is 0.180. The second kappa shape index (κ2) is 4.43. The van der Waals surface area contributed by atoms with E-state index >= 15 is 0 Å². The van der Waals surface area contributed by atoms with Gasteiger partial charge in [0.2, 0.25) is 0 Å². The predicted octanol–water partition coefficient (Wildman–Crippen LogP) is 4.75. The van der Waals surface area contributed by atoms with Crippen molar-refractivity contribution in [2.45, 2.75) is 40.5 Å². The van der Waals surface area contributed by atoms with Gasteiger partial charge in [-0.3, -0.25) is 0 Å². The standard InChI is InChI=1S/C10H16S2/c1-7(2)9-5-6-10(8(3)4)12-11-9/h5-6H2,1-4H3. The summed E-state index contributed by atoms with van der Waals surface area (Å²) in [7, 11) is 3.89. The van der Waals surface area contributed by atoms with Gasteiger partial charge in [-0.05, 0) is 50.3 Å². The maximum atomic E-state index is 2.20. The third kappa shape index (κ3) is 2.60. The Morgan fingerprint density at radius 2 is 1.17 bits per heavy atom. The Bertz CT molecular complexity index is 190. The van der Waals surface area contributed by atoms with Crippen molar-refractivity contribution in [1.29, 1.82) is 0 Å². The summed E-state index contributed by atoms with van der Waals surface area (Å²) >= 11 is 0. The summed E-state index contributed by atoms with van der Waals surface area (Å²) in [6.07, 6.45) is 2.50. The van der Waals surface area contributed by atoms with Gasteiger partial charge in [0.15, 0.2) is 0 Å². The average Bonchev–Trinajstić information content (AvgIpc) is 2.04. The molecule has 0 aromatic heterocycles. The first kappa shape index (κ1) is 10.3. The fourth-order valence-electron chi connectivity index (χ4n) is 1.08. The van der Waals surface area contributed by atoms with E-state index < -0.39 is 0 Å². The van der Waals surface area contributed by atoms with Gasteiger partial charge in [-0.15, -0.1) is 0 Å². The lowest BCUT2D eigenvalue weighted by Crippen LogP contribution is -1.90. The zero-order chi connectivity index (χ0) is 9.14. The molecule has 0 spiro atoms. The highest BCUT2D eigenvalue weighted by Crippen LogP contribution is 2.48. The lowest BCUT2D eigenvalue weighted by molar-refractivity contribution is 0.987. The Balaban J connectivity index is 2.63. The van der Waals surface area contributed by atoms with E-state index in [1.165, 1.54) is 24.0 Å². The summed E-state index contributed by atoms with van der Waals surface area (Å²) in [5.74, 6) is 0. The van der Waals surface area contributed by atoms with Crippen molar-refractivity contribution in [2.24, 2.45) is 0 Å². The van der Waals surface area contributed by atoms with Crippen LogP contribution in [-0.4, -0.2) is 0 Å². The first-order valence-corrected chi connectivity index (χ1v) is 6.43. The summed E-state index contributed by atoms with van der Waals surface area (Å²) in [6.45, 7) is 8.82. The molecule has 2 heteroatoms. The molecule has 68 valence electrons. The van der Waals surface area contributed by atoms with Crippen molar-refractivity contribution in [2.75, 3.05) is 0 Å². The van der Waals surface area contributed by atoms with Crippen LogP contribution in [0.25, 0.3) is 0 Å². The molecule has 1 aliphatic heterocycles. The zero-order valence-electron chi connectivity index (χ0n) is 8.23. The second-order valence-corrected chi connectivity index (χ2v) is 5.83. The minimum atomic E-state index is 1.25. The van der Waals surface area contributed by atoms with Crippen molar-refractivity contribution >= 4 is 21.6 Å². The fraction of sp³-hybridized carbons (Fsp3) is 0.600. The van der Waals surface area contributed by atoms with Crippen LogP contribution < -0.4 is 0 Å². The highest BCUT2D eigenvalue weighted by molar-refractivity contribution is 8.79. The van der Waals surface area contributed by atoms with Gasteiger partial charge in [-0.25, -0.2) is 0 Å². The molecular weight excluding hydrogens is 184 g/mol. The van der Waals surface area contributed by atoms with Crippen LogP contribution in [0.1, 0.15) is 40.5 Å². The smallest absolute Gasteiger partial charge is 0.00486 e. The normalized spacial score (nSPS) is 18.0. The van der Waals surface area contributed by atoms with Gasteiger partial charge in [0.05, 0.1) is 0 Å². The molecule has 0 atom stereocenters. The number of rotatable bonds is 0. The van der Waals surface area contributed by atoms with E-state index in [2.05, 4.69) is 27.7 Å². The third-order valence-corrected chi connectivity index (χ3v) is 5.10. The van der Waals surface area contributed by atoms with Crippen LogP contribution in [0.4, 0.5) is 0 Å². The fourth-order valence-corrected chi connectivity index (χ4v) is 4.09. The maximum Gasteiger partial charge on any atom is -0.00486 e. The van der Waals surface area contributed by atoms with Gasteiger partial charge < -0.3 is 0 Å². The highest BCUT2D eigenvalue weighted by atomic mass is 33.1. The van der Waals surface area contributed by atoms with Crippen molar-refractivity contribution in [1.82, 2.24) is 0 Å². The lowest BCUT2D eigenvalue weighted by atomic mass is 10.2. The molecular formula is C10H16S2. The first-order chi connectivity index (χ1) is 5.61. The Morgan fingerprint density at radius 3 is 1.33 bits per heavy atom. The molecule has 1 fully saturated rings. The van der Waals surface area contributed by atoms with Gasteiger partial charge >= 0.3 is 0 Å². The van der Waals surface area contributed by atoms with E-state index in [1.807, 2.05) is 21.6 Å². The summed E-state index contributed by atoms with van der Waals surface area (Å²) in [5, 5.41) is 0. The first-order valence-electron chi connectivity index (χ1n) is 4.28. The quantitative estimate of drug-likeness (QED) is 0.518. The molecule has 1 saturated heterocycles. The molecule has 0 aromatic rings. The van der Waals surface area contributed by atoms with Gasteiger partial charge in [0.1, 0.15) is 0 Å². The molecule has 12 heavy (non-hydrogen) atoms. The van der Waals surface area contributed by atoms with Crippen molar-refractivity contribution in [3.63, 3.8) is 0 Å². The molecule has 1 heterocycles. The lowest BCUT2D eigenvalue weighted by Gasteiger charge is -2.18. The molecule has 0 aromatic carbocycles. The molecule has 0 saturated carbocycles. The molecule has 0 N–H and O–H groups in total. The minimum absolute atomic E-state index is 1.25. The van der Waals surface area contributed by atoms with E-state index in [4.69, 9.17) is 0 Å². The summed E-state index contributed by atoms with van der Waals surface area (Å²) in [4.78, 5) is 3.15. The predicted molar refractivity (Wildman–Crippen MR) is 61.2 cm³/mol. The average molecular weight is 200 g/mol. The third-order valence-electron chi connectivity index (χ3n) is 1.94. The molecule has 0 bridgehead atoms. The summed E-state index contributed by atoms with van der Waals surface area (Å²) in [5.41, 5.74) is 2.97. The SMILES string of the molecule is CC(C)=C1CCC(=C(C)C)SS1. The molecule has 0 unspecified atom stereocenters. The molecule has 0 nitrogen and oxygen atoms in total. The van der Waals surface area contributed by atoms with Gasteiger partial charge in [-0.1, -0.05) is 32.7 Å². The Morgan fingerprint density at radius 1 is 0.833 bits per heavy atom. The highest BCUT2D eigenvalue weighted by Gasteiger charge is 2.13. The van der Waals surface area contributed by atoms with Gasteiger partial charge in [-0.2, -0.15) is 0 Å². The van der Waals surface area contributed by atoms with E-state index in [0.29, 0.717) is 0 Å². The second-order valence-electron chi connectivity index (χ2n) is 3.51. The van der Waals surface area contributed by atoms with Crippen LogP contribution in [0.15, 0.2) is 21.0 Å². The molecule has 0 radical (unpaired) electrons.